The van der Waals surface area contributed by atoms with Gasteiger partial charge in [0, 0.05) is 29.1 Å². The fraction of sp³-hybridized carbons (Fsp3) is 0.250. The molecule has 0 fully saturated rings. The van der Waals surface area contributed by atoms with Crippen LogP contribution in [0.3, 0.4) is 0 Å². The number of hydrogen-bond acceptors (Lipinski definition) is 3. The first kappa shape index (κ1) is 12.5. The van der Waals surface area contributed by atoms with Crippen LogP contribution in [0.1, 0.15) is 16.6 Å². The Balaban J connectivity index is 2.23. The van der Waals surface area contributed by atoms with Crippen molar-refractivity contribution in [2.75, 3.05) is 7.05 Å². The number of benzene rings is 1. The van der Waals surface area contributed by atoms with E-state index in [0.717, 1.165) is 17.0 Å². The molecule has 1 unspecified atom stereocenters. The highest BCUT2D eigenvalue weighted by atomic mass is 35.5. The topological polar surface area (TPSA) is 24.9 Å². The molecule has 1 aromatic carbocycles. The number of nitrogens with zero attached hydrogens (tertiary/aromatic N) is 1. The molecule has 0 saturated carbocycles. The summed E-state index contributed by atoms with van der Waals surface area (Å²) in [5.74, 6) is -0.317. The lowest BCUT2D eigenvalue weighted by Crippen LogP contribution is -2.19. The van der Waals surface area contributed by atoms with E-state index in [1.165, 1.54) is 12.1 Å². The van der Waals surface area contributed by atoms with E-state index < -0.39 is 0 Å². The van der Waals surface area contributed by atoms with Crippen LogP contribution in [0.2, 0.25) is 5.02 Å². The molecule has 0 bridgehead atoms. The van der Waals surface area contributed by atoms with Gasteiger partial charge < -0.3 is 5.32 Å². The van der Waals surface area contributed by atoms with Crippen LogP contribution in [0.15, 0.2) is 29.8 Å². The number of aromatic nitrogens is 1. The second-order valence-corrected chi connectivity index (χ2v) is 5.02. The molecule has 0 aliphatic carbocycles. The van der Waals surface area contributed by atoms with Gasteiger partial charge in [0.15, 0.2) is 0 Å². The van der Waals surface area contributed by atoms with Crippen molar-refractivity contribution in [3.8, 4) is 0 Å². The second-order valence-electron chi connectivity index (χ2n) is 3.64. The lowest BCUT2D eigenvalue weighted by atomic mass is 10.0. The van der Waals surface area contributed by atoms with Gasteiger partial charge in [0.05, 0.1) is 5.01 Å². The van der Waals surface area contributed by atoms with E-state index in [4.69, 9.17) is 11.6 Å². The molecule has 90 valence electrons. The summed E-state index contributed by atoms with van der Waals surface area (Å²) in [6.45, 7) is 0. The predicted octanol–water partition coefficient (Wildman–Crippen LogP) is 3.44. The van der Waals surface area contributed by atoms with Crippen molar-refractivity contribution in [1.82, 2.24) is 10.3 Å². The molecule has 0 radical (unpaired) electrons. The summed E-state index contributed by atoms with van der Waals surface area (Å²) < 4.78 is 13.0. The highest BCUT2D eigenvalue weighted by molar-refractivity contribution is 7.09. The van der Waals surface area contributed by atoms with Crippen molar-refractivity contribution < 1.29 is 4.39 Å². The Morgan fingerprint density at radius 2 is 2.35 bits per heavy atom. The van der Waals surface area contributed by atoms with Gasteiger partial charge in [-0.25, -0.2) is 9.37 Å². The summed E-state index contributed by atoms with van der Waals surface area (Å²) in [4.78, 5) is 4.24. The highest BCUT2D eigenvalue weighted by Gasteiger charge is 2.15. The fourth-order valence-corrected chi connectivity index (χ4v) is 2.64. The maximum Gasteiger partial charge on any atom is 0.124 e. The van der Waals surface area contributed by atoms with E-state index in [9.17, 15) is 4.39 Å². The molecule has 5 heteroatoms. The predicted molar refractivity (Wildman–Crippen MR) is 69.0 cm³/mol. The van der Waals surface area contributed by atoms with Crippen molar-refractivity contribution >= 4 is 22.9 Å². The zero-order chi connectivity index (χ0) is 12.3. The van der Waals surface area contributed by atoms with E-state index in [1.807, 2.05) is 12.4 Å². The summed E-state index contributed by atoms with van der Waals surface area (Å²) in [6.07, 6.45) is 2.53. The molecular weight excluding hydrogens is 259 g/mol. The summed E-state index contributed by atoms with van der Waals surface area (Å²) in [6, 6.07) is 4.53. The van der Waals surface area contributed by atoms with Crippen molar-refractivity contribution in [3.63, 3.8) is 0 Å². The molecule has 1 N–H and O–H groups in total. The Hall–Kier alpha value is -0.970. The molecular formula is C12H12ClFN2S. The molecule has 2 aromatic rings. The summed E-state index contributed by atoms with van der Waals surface area (Å²) in [5, 5.41) is 6.59. The van der Waals surface area contributed by atoms with Crippen molar-refractivity contribution in [2.24, 2.45) is 0 Å². The first-order valence-electron chi connectivity index (χ1n) is 5.21. The maximum atomic E-state index is 13.0. The molecule has 1 atom stereocenters. The lowest BCUT2D eigenvalue weighted by Gasteiger charge is -2.16. The molecule has 17 heavy (non-hydrogen) atoms. The van der Waals surface area contributed by atoms with E-state index in [0.29, 0.717) is 5.02 Å². The Bertz CT molecular complexity index is 487. The monoisotopic (exact) mass is 270 g/mol. The van der Waals surface area contributed by atoms with Crippen molar-refractivity contribution in [3.05, 3.63) is 51.2 Å². The minimum Gasteiger partial charge on any atom is -0.313 e. The first-order valence-corrected chi connectivity index (χ1v) is 6.47. The van der Waals surface area contributed by atoms with E-state index in [2.05, 4.69) is 10.3 Å². The van der Waals surface area contributed by atoms with Crippen LogP contribution in [-0.2, 0) is 6.42 Å². The quantitative estimate of drug-likeness (QED) is 0.921. The third kappa shape index (κ3) is 3.03. The van der Waals surface area contributed by atoms with Crippen LogP contribution in [0.5, 0.6) is 0 Å². The van der Waals surface area contributed by atoms with Gasteiger partial charge in [0.1, 0.15) is 5.82 Å². The normalized spacial score (nSPS) is 12.6. The van der Waals surface area contributed by atoms with Crippen LogP contribution in [0, 0.1) is 5.82 Å². The number of nitrogens with one attached hydrogen (secondary N) is 1. The van der Waals surface area contributed by atoms with Gasteiger partial charge in [-0.3, -0.25) is 0 Å². The number of hydrogen-bond donors (Lipinski definition) is 1. The zero-order valence-corrected chi connectivity index (χ0v) is 10.9. The van der Waals surface area contributed by atoms with Gasteiger partial charge in [-0.15, -0.1) is 11.3 Å². The van der Waals surface area contributed by atoms with Crippen molar-refractivity contribution in [1.29, 1.82) is 0 Å². The minimum atomic E-state index is -0.317. The Labute approximate surface area is 108 Å². The second kappa shape index (κ2) is 5.58. The molecule has 0 spiro atoms. The summed E-state index contributed by atoms with van der Waals surface area (Å²) >= 11 is 7.65. The first-order chi connectivity index (χ1) is 8.20. The fourth-order valence-electron chi connectivity index (χ4n) is 1.68. The average Bonchev–Trinajstić information content (AvgIpc) is 2.79. The van der Waals surface area contributed by atoms with Gasteiger partial charge in [-0.1, -0.05) is 17.7 Å². The van der Waals surface area contributed by atoms with Crippen molar-refractivity contribution in [2.45, 2.75) is 12.5 Å². The Kier molecular flexibility index (Phi) is 4.10. The third-order valence-electron chi connectivity index (χ3n) is 2.55. The lowest BCUT2D eigenvalue weighted by molar-refractivity contribution is 0.585. The van der Waals surface area contributed by atoms with Gasteiger partial charge in [-0.05, 0) is 24.7 Å². The van der Waals surface area contributed by atoms with E-state index in [-0.39, 0.29) is 11.9 Å². The van der Waals surface area contributed by atoms with Gasteiger partial charge in [0.2, 0.25) is 0 Å². The van der Waals surface area contributed by atoms with Crippen LogP contribution >= 0.6 is 22.9 Å². The molecule has 1 aromatic heterocycles. The molecule has 0 amide bonds. The number of thiazole rings is 1. The molecule has 0 aliphatic rings. The Morgan fingerprint density at radius 3 is 2.94 bits per heavy atom. The van der Waals surface area contributed by atoms with Gasteiger partial charge in [-0.2, -0.15) is 0 Å². The van der Waals surface area contributed by atoms with E-state index in [1.54, 1.807) is 23.6 Å². The molecule has 2 rings (SSSR count). The number of rotatable bonds is 4. The van der Waals surface area contributed by atoms with Gasteiger partial charge in [0.25, 0.3) is 0 Å². The van der Waals surface area contributed by atoms with E-state index >= 15 is 0 Å². The minimum absolute atomic E-state index is 0.0502. The third-order valence-corrected chi connectivity index (χ3v) is 3.68. The van der Waals surface area contributed by atoms with Gasteiger partial charge >= 0.3 is 0 Å². The van der Waals surface area contributed by atoms with Crippen LogP contribution in [0.4, 0.5) is 4.39 Å². The smallest absolute Gasteiger partial charge is 0.124 e. The number of halogens is 2. The van der Waals surface area contributed by atoms with Crippen LogP contribution < -0.4 is 5.32 Å². The SMILES string of the molecule is CNC(Cc1nccs1)c1ccc(F)cc1Cl. The average molecular weight is 271 g/mol. The molecule has 0 aliphatic heterocycles. The molecule has 2 nitrogen and oxygen atoms in total. The molecule has 1 heterocycles. The van der Waals surface area contributed by atoms with Crippen LogP contribution in [0.25, 0.3) is 0 Å². The summed E-state index contributed by atoms with van der Waals surface area (Å²) in [5.41, 5.74) is 0.894. The summed E-state index contributed by atoms with van der Waals surface area (Å²) in [7, 11) is 1.86. The highest BCUT2D eigenvalue weighted by Crippen LogP contribution is 2.26. The number of likely N-dealkylation sites (N-methyl/N-ethyl adjacent to an activating group) is 1. The van der Waals surface area contributed by atoms with Crippen LogP contribution in [-0.4, -0.2) is 12.0 Å². The molecule has 0 saturated heterocycles. The standard InChI is InChI=1S/C12H12ClFN2S/c1-15-11(7-12-16-4-5-17-12)9-3-2-8(14)6-10(9)13/h2-6,11,15H,7H2,1H3. The Morgan fingerprint density at radius 1 is 1.53 bits per heavy atom. The largest absolute Gasteiger partial charge is 0.313 e. The zero-order valence-electron chi connectivity index (χ0n) is 9.28. The maximum absolute atomic E-state index is 13.0.